The van der Waals surface area contributed by atoms with Gasteiger partial charge in [-0.1, -0.05) is 0 Å². The molecule has 2 N–H and O–H groups in total. The molecule has 1 atom stereocenters. The van der Waals surface area contributed by atoms with Crippen LogP contribution in [0.2, 0.25) is 0 Å². The maximum Gasteiger partial charge on any atom is 0.254 e. The Bertz CT molecular complexity index is 483. The smallest absolute Gasteiger partial charge is 0.254 e. The molecule has 1 aliphatic rings. The zero-order chi connectivity index (χ0) is 14.5. The van der Waals surface area contributed by atoms with Crippen LogP contribution in [0.1, 0.15) is 10.4 Å². The lowest BCUT2D eigenvalue weighted by molar-refractivity contribution is -0.0175. The molecule has 0 aliphatic carbocycles. The first-order valence-electron chi connectivity index (χ1n) is 6.52. The largest absolute Gasteiger partial charge is 0.374 e. The molecule has 0 radical (unpaired) electrons. The number of carbonyl (C=O) groups is 1. The van der Waals surface area contributed by atoms with E-state index in [1.54, 1.807) is 7.05 Å². The summed E-state index contributed by atoms with van der Waals surface area (Å²) in [5, 5.41) is 5.30. The molecule has 1 aromatic heterocycles. The Labute approximate surface area is 117 Å². The molecule has 2 rings (SSSR count). The topological polar surface area (TPSA) is 66.5 Å². The van der Waals surface area contributed by atoms with Crippen LogP contribution in [0.3, 0.4) is 0 Å². The molecule has 1 aromatic rings. The SMILES string of the molecule is CNc1nccc(C(=O)NCC2CN(C)CCO2)c1F. The van der Waals surface area contributed by atoms with Crippen LogP contribution in [-0.2, 0) is 4.74 Å². The number of hydrogen-bond donors (Lipinski definition) is 2. The Balaban J connectivity index is 1.95. The number of pyridine rings is 1. The van der Waals surface area contributed by atoms with E-state index in [9.17, 15) is 9.18 Å². The van der Waals surface area contributed by atoms with Gasteiger partial charge in [-0.05, 0) is 13.1 Å². The minimum Gasteiger partial charge on any atom is -0.374 e. The molecule has 1 fully saturated rings. The van der Waals surface area contributed by atoms with Gasteiger partial charge in [0, 0.05) is 32.9 Å². The summed E-state index contributed by atoms with van der Waals surface area (Å²) in [6.07, 6.45) is 1.33. The summed E-state index contributed by atoms with van der Waals surface area (Å²) < 4.78 is 19.5. The lowest BCUT2D eigenvalue weighted by atomic mass is 10.2. The molecular weight excluding hydrogens is 263 g/mol. The molecular formula is C13H19FN4O2. The van der Waals surface area contributed by atoms with Gasteiger partial charge in [-0.15, -0.1) is 0 Å². The van der Waals surface area contributed by atoms with Crippen molar-refractivity contribution in [3.05, 3.63) is 23.6 Å². The molecule has 7 heteroatoms. The number of amides is 1. The van der Waals surface area contributed by atoms with Crippen LogP contribution in [-0.4, -0.2) is 62.2 Å². The molecule has 110 valence electrons. The van der Waals surface area contributed by atoms with Crippen LogP contribution in [0.25, 0.3) is 0 Å². The Morgan fingerprint density at radius 3 is 3.15 bits per heavy atom. The minimum atomic E-state index is -0.644. The predicted molar refractivity (Wildman–Crippen MR) is 73.3 cm³/mol. The van der Waals surface area contributed by atoms with E-state index in [0.29, 0.717) is 13.2 Å². The summed E-state index contributed by atoms with van der Waals surface area (Å²) in [4.78, 5) is 17.9. The monoisotopic (exact) mass is 282 g/mol. The summed E-state index contributed by atoms with van der Waals surface area (Å²) in [5.41, 5.74) is -0.0199. The average molecular weight is 282 g/mol. The van der Waals surface area contributed by atoms with Gasteiger partial charge in [-0.3, -0.25) is 4.79 Å². The van der Waals surface area contributed by atoms with Crippen LogP contribution in [0.15, 0.2) is 12.3 Å². The molecule has 0 spiro atoms. The van der Waals surface area contributed by atoms with Crippen LogP contribution < -0.4 is 10.6 Å². The fraction of sp³-hybridized carbons (Fsp3) is 0.538. The van der Waals surface area contributed by atoms with Crippen molar-refractivity contribution < 1.29 is 13.9 Å². The van der Waals surface area contributed by atoms with Crippen molar-refractivity contribution in [2.24, 2.45) is 0 Å². The Morgan fingerprint density at radius 2 is 2.45 bits per heavy atom. The number of halogens is 1. The van der Waals surface area contributed by atoms with Crippen molar-refractivity contribution in [1.82, 2.24) is 15.2 Å². The van der Waals surface area contributed by atoms with Crippen molar-refractivity contribution in [1.29, 1.82) is 0 Å². The van der Waals surface area contributed by atoms with Gasteiger partial charge in [0.15, 0.2) is 11.6 Å². The normalized spacial score (nSPS) is 19.6. The van der Waals surface area contributed by atoms with Crippen molar-refractivity contribution >= 4 is 11.7 Å². The molecule has 2 heterocycles. The molecule has 1 unspecified atom stereocenters. The quantitative estimate of drug-likeness (QED) is 0.833. The molecule has 0 bridgehead atoms. The first-order valence-corrected chi connectivity index (χ1v) is 6.52. The van der Waals surface area contributed by atoms with Crippen molar-refractivity contribution in [3.8, 4) is 0 Å². The van der Waals surface area contributed by atoms with E-state index in [-0.39, 0.29) is 17.5 Å². The summed E-state index contributed by atoms with van der Waals surface area (Å²) >= 11 is 0. The second kappa shape index (κ2) is 6.62. The summed E-state index contributed by atoms with van der Waals surface area (Å²) in [7, 11) is 3.55. The zero-order valence-corrected chi connectivity index (χ0v) is 11.6. The highest BCUT2D eigenvalue weighted by molar-refractivity contribution is 5.95. The molecule has 1 aliphatic heterocycles. The molecule has 0 aromatic carbocycles. The third kappa shape index (κ3) is 3.43. The Kier molecular flexibility index (Phi) is 4.86. The Morgan fingerprint density at radius 1 is 1.65 bits per heavy atom. The van der Waals surface area contributed by atoms with E-state index >= 15 is 0 Å². The van der Waals surface area contributed by atoms with E-state index in [2.05, 4.69) is 20.5 Å². The number of nitrogens with one attached hydrogen (secondary N) is 2. The number of nitrogens with zero attached hydrogens (tertiary/aromatic N) is 2. The van der Waals surface area contributed by atoms with Gasteiger partial charge in [-0.25, -0.2) is 9.37 Å². The second-order valence-corrected chi connectivity index (χ2v) is 4.74. The molecule has 1 amide bonds. The minimum absolute atomic E-state index is 0.0199. The summed E-state index contributed by atoms with van der Waals surface area (Å²) in [5.74, 6) is -1.04. The third-order valence-electron chi connectivity index (χ3n) is 3.20. The van der Waals surface area contributed by atoms with Gasteiger partial charge < -0.3 is 20.3 Å². The highest BCUT2D eigenvalue weighted by atomic mass is 19.1. The number of rotatable bonds is 4. The highest BCUT2D eigenvalue weighted by Crippen LogP contribution is 2.14. The summed E-state index contributed by atoms with van der Waals surface area (Å²) in [6.45, 7) is 2.64. The number of aromatic nitrogens is 1. The molecule has 20 heavy (non-hydrogen) atoms. The van der Waals surface area contributed by atoms with E-state index in [0.717, 1.165) is 13.1 Å². The Hall–Kier alpha value is -1.73. The highest BCUT2D eigenvalue weighted by Gasteiger charge is 2.20. The van der Waals surface area contributed by atoms with Crippen molar-refractivity contribution in [2.75, 3.05) is 45.7 Å². The van der Waals surface area contributed by atoms with Gasteiger partial charge in [0.25, 0.3) is 5.91 Å². The lowest BCUT2D eigenvalue weighted by Gasteiger charge is -2.30. The number of ether oxygens (including phenoxy) is 1. The first-order chi connectivity index (χ1) is 9.61. The number of hydrogen-bond acceptors (Lipinski definition) is 5. The zero-order valence-electron chi connectivity index (χ0n) is 11.6. The third-order valence-corrected chi connectivity index (χ3v) is 3.20. The van der Waals surface area contributed by atoms with E-state index in [1.807, 2.05) is 7.05 Å². The van der Waals surface area contributed by atoms with Crippen molar-refractivity contribution in [2.45, 2.75) is 6.10 Å². The number of anilines is 1. The average Bonchev–Trinajstić information content (AvgIpc) is 2.45. The van der Waals surface area contributed by atoms with Gasteiger partial charge in [0.05, 0.1) is 18.3 Å². The van der Waals surface area contributed by atoms with Gasteiger partial charge >= 0.3 is 0 Å². The second-order valence-electron chi connectivity index (χ2n) is 4.74. The number of morpholine rings is 1. The van der Waals surface area contributed by atoms with Gasteiger partial charge in [0.2, 0.25) is 0 Å². The van der Waals surface area contributed by atoms with Crippen molar-refractivity contribution in [3.63, 3.8) is 0 Å². The first kappa shape index (κ1) is 14.7. The fourth-order valence-electron chi connectivity index (χ4n) is 2.09. The van der Waals surface area contributed by atoms with E-state index in [1.165, 1.54) is 12.3 Å². The fourth-order valence-corrected chi connectivity index (χ4v) is 2.09. The van der Waals surface area contributed by atoms with Crippen LogP contribution in [0.4, 0.5) is 10.2 Å². The molecule has 0 saturated carbocycles. The van der Waals surface area contributed by atoms with Crippen LogP contribution in [0.5, 0.6) is 0 Å². The molecule has 1 saturated heterocycles. The van der Waals surface area contributed by atoms with Crippen LogP contribution >= 0.6 is 0 Å². The van der Waals surface area contributed by atoms with Gasteiger partial charge in [0.1, 0.15) is 0 Å². The molecule has 6 nitrogen and oxygen atoms in total. The number of likely N-dealkylation sites (N-methyl/N-ethyl adjacent to an activating group) is 1. The standard InChI is InChI=1S/C13H19FN4O2/c1-15-12-11(14)10(3-4-16-12)13(19)17-7-9-8-18(2)5-6-20-9/h3-4,9H,5-8H2,1-2H3,(H,15,16)(H,17,19). The lowest BCUT2D eigenvalue weighted by Crippen LogP contribution is -2.46. The number of carbonyl (C=O) groups excluding carboxylic acids is 1. The predicted octanol–water partition coefficient (Wildman–Crippen LogP) is 0.323. The van der Waals surface area contributed by atoms with Gasteiger partial charge in [-0.2, -0.15) is 0 Å². The van der Waals surface area contributed by atoms with E-state index in [4.69, 9.17) is 4.74 Å². The van der Waals surface area contributed by atoms with Crippen LogP contribution in [0, 0.1) is 5.82 Å². The maximum absolute atomic E-state index is 13.9. The maximum atomic E-state index is 13.9. The summed E-state index contributed by atoms with van der Waals surface area (Å²) in [6, 6.07) is 1.36. The van der Waals surface area contributed by atoms with E-state index < -0.39 is 11.7 Å².